The summed E-state index contributed by atoms with van der Waals surface area (Å²) >= 11 is 0. The van der Waals surface area contributed by atoms with Crippen LogP contribution in [0.3, 0.4) is 0 Å². The number of esters is 2. The molecule has 0 aliphatic carbocycles. The smallest absolute Gasteiger partial charge is 0.347 e. The van der Waals surface area contributed by atoms with Crippen molar-refractivity contribution in [2.45, 2.75) is 27.7 Å². The van der Waals surface area contributed by atoms with Crippen LogP contribution in [-0.2, 0) is 19.1 Å². The van der Waals surface area contributed by atoms with E-state index in [0.717, 1.165) is 0 Å². The van der Waals surface area contributed by atoms with Crippen LogP contribution in [0.5, 0.6) is 0 Å². The number of hydrogen-bond acceptors (Lipinski definition) is 8. The lowest BCUT2D eigenvalue weighted by Crippen LogP contribution is -2.19. The van der Waals surface area contributed by atoms with E-state index in [-0.39, 0.29) is 18.8 Å². The number of nitrogens with zero attached hydrogens (tertiary/aromatic N) is 2. The summed E-state index contributed by atoms with van der Waals surface area (Å²) in [6, 6.07) is 0. The van der Waals surface area contributed by atoms with E-state index in [9.17, 15) is 9.59 Å². The lowest BCUT2D eigenvalue weighted by atomic mass is 10.3. The van der Waals surface area contributed by atoms with Crippen molar-refractivity contribution in [3.05, 3.63) is 23.4 Å². The number of rotatable bonds is 7. The molecule has 0 bridgehead atoms. The van der Waals surface area contributed by atoms with Crippen molar-refractivity contribution in [1.29, 1.82) is 0 Å². The Kier molecular flexibility index (Phi) is 5.99. The van der Waals surface area contributed by atoms with Gasteiger partial charge in [0.05, 0.1) is 13.2 Å². The number of imidazole rings is 2. The fraction of sp³-hybridized carbons (Fsp3) is 0.375. The van der Waals surface area contributed by atoms with Gasteiger partial charge in [0, 0.05) is 6.20 Å². The minimum atomic E-state index is -0.788. The number of anilines is 2. The minimum absolute atomic E-state index is 0.131. The van der Waals surface area contributed by atoms with Crippen LogP contribution < -0.4 is 11.1 Å². The van der Waals surface area contributed by atoms with Crippen molar-refractivity contribution in [1.82, 2.24) is 19.9 Å². The highest BCUT2D eigenvalue weighted by molar-refractivity contribution is 6.14. The molecule has 0 aliphatic rings. The molecule has 2 aromatic heterocycles. The van der Waals surface area contributed by atoms with E-state index in [1.54, 1.807) is 27.7 Å². The van der Waals surface area contributed by atoms with Gasteiger partial charge in [0.15, 0.2) is 17.2 Å². The Morgan fingerprint density at radius 2 is 1.58 bits per heavy atom. The number of aromatic amines is 2. The zero-order valence-corrected chi connectivity index (χ0v) is 15.1. The van der Waals surface area contributed by atoms with Crippen molar-refractivity contribution in [3.8, 4) is 11.4 Å². The predicted octanol–water partition coefficient (Wildman–Crippen LogP) is 1.42. The van der Waals surface area contributed by atoms with Crippen LogP contribution in [0.15, 0.2) is 11.8 Å². The molecule has 140 valence electrons. The number of nitrogen functional groups attached to an aromatic ring is 1. The van der Waals surface area contributed by atoms with Crippen LogP contribution in [0.4, 0.5) is 11.6 Å². The van der Waals surface area contributed by atoms with Crippen molar-refractivity contribution < 1.29 is 19.1 Å². The third-order valence-electron chi connectivity index (χ3n) is 3.27. The number of H-pyrrole nitrogens is 2. The number of hydrogen-bond donors (Lipinski definition) is 4. The molecule has 0 aromatic carbocycles. The Bertz CT molecular complexity index is 816. The largest absolute Gasteiger partial charge is 0.462 e. The molecule has 0 atom stereocenters. The number of nitrogens with two attached hydrogens (primary N) is 1. The van der Waals surface area contributed by atoms with Gasteiger partial charge in [0.25, 0.3) is 0 Å². The van der Waals surface area contributed by atoms with Crippen molar-refractivity contribution >= 4 is 23.6 Å². The van der Waals surface area contributed by atoms with Crippen molar-refractivity contribution in [2.24, 2.45) is 0 Å². The molecular weight excluding hydrogens is 340 g/mol. The van der Waals surface area contributed by atoms with Crippen LogP contribution in [-0.4, -0.2) is 45.1 Å². The molecule has 0 saturated heterocycles. The van der Waals surface area contributed by atoms with Crippen molar-refractivity contribution in [2.75, 3.05) is 24.3 Å². The topological polar surface area (TPSA) is 148 Å². The van der Waals surface area contributed by atoms with Gasteiger partial charge in [-0.3, -0.25) is 0 Å². The molecule has 2 heterocycles. The Hall–Kier alpha value is -3.30. The van der Waals surface area contributed by atoms with Gasteiger partial charge in [0.1, 0.15) is 23.0 Å². The zero-order valence-electron chi connectivity index (χ0n) is 15.1. The first-order chi connectivity index (χ1) is 12.4. The number of ether oxygens (including phenoxy) is 2. The van der Waals surface area contributed by atoms with E-state index in [2.05, 4.69) is 25.3 Å². The summed E-state index contributed by atoms with van der Waals surface area (Å²) in [7, 11) is 0. The van der Waals surface area contributed by atoms with Crippen LogP contribution >= 0.6 is 0 Å². The van der Waals surface area contributed by atoms with E-state index in [4.69, 9.17) is 15.2 Å². The second-order valence-electron chi connectivity index (χ2n) is 5.27. The summed E-state index contributed by atoms with van der Waals surface area (Å²) in [5.74, 6) is 0.341. The number of aryl methyl sites for hydroxylation is 2. The van der Waals surface area contributed by atoms with Gasteiger partial charge in [-0.15, -0.1) is 0 Å². The normalized spacial score (nSPS) is 10.3. The summed E-state index contributed by atoms with van der Waals surface area (Å²) in [5.41, 5.74) is 6.73. The van der Waals surface area contributed by atoms with Crippen LogP contribution in [0.2, 0.25) is 0 Å². The van der Waals surface area contributed by atoms with E-state index in [0.29, 0.717) is 34.7 Å². The van der Waals surface area contributed by atoms with Gasteiger partial charge in [-0.05, 0) is 27.7 Å². The average molecular weight is 362 g/mol. The number of carbonyl (C=O) groups excluding carboxylic acids is 2. The molecule has 2 aromatic rings. The molecule has 0 aliphatic heterocycles. The second kappa shape index (κ2) is 8.19. The van der Waals surface area contributed by atoms with Gasteiger partial charge < -0.3 is 30.5 Å². The second-order valence-corrected chi connectivity index (χ2v) is 5.27. The van der Waals surface area contributed by atoms with E-state index >= 15 is 0 Å². The van der Waals surface area contributed by atoms with Crippen LogP contribution in [0.1, 0.15) is 25.5 Å². The van der Waals surface area contributed by atoms with E-state index in [1.807, 2.05) is 0 Å². The highest BCUT2D eigenvalue weighted by Gasteiger charge is 2.22. The fourth-order valence-electron chi connectivity index (χ4n) is 2.24. The Morgan fingerprint density at radius 1 is 1.04 bits per heavy atom. The maximum absolute atomic E-state index is 12.0. The molecule has 0 spiro atoms. The molecule has 0 saturated carbocycles. The Labute approximate surface area is 150 Å². The fourth-order valence-corrected chi connectivity index (χ4v) is 2.24. The monoisotopic (exact) mass is 362 g/mol. The maximum Gasteiger partial charge on any atom is 0.347 e. The summed E-state index contributed by atoms with van der Waals surface area (Å²) in [6.45, 7) is 7.09. The Morgan fingerprint density at radius 3 is 2.08 bits per heavy atom. The van der Waals surface area contributed by atoms with Gasteiger partial charge >= 0.3 is 11.9 Å². The minimum Gasteiger partial charge on any atom is -0.462 e. The van der Waals surface area contributed by atoms with Gasteiger partial charge in [-0.1, -0.05) is 0 Å². The first-order valence-electron chi connectivity index (χ1n) is 8.07. The number of nitrogens with one attached hydrogen (secondary N) is 3. The number of aromatic nitrogens is 4. The molecule has 0 unspecified atom stereocenters. The third kappa shape index (κ3) is 4.21. The zero-order chi connectivity index (χ0) is 19.3. The average Bonchev–Trinajstić information content (AvgIpc) is 3.09. The lowest BCUT2D eigenvalue weighted by Gasteiger charge is -2.07. The van der Waals surface area contributed by atoms with Crippen molar-refractivity contribution in [3.63, 3.8) is 0 Å². The van der Waals surface area contributed by atoms with Gasteiger partial charge in [-0.2, -0.15) is 0 Å². The molecular formula is C16H22N6O4. The Balaban J connectivity index is 2.36. The maximum atomic E-state index is 12.0. The van der Waals surface area contributed by atoms with Crippen LogP contribution in [0, 0.1) is 13.8 Å². The molecule has 10 nitrogen and oxygen atoms in total. The molecule has 0 fully saturated rings. The van der Waals surface area contributed by atoms with E-state index in [1.165, 1.54) is 6.20 Å². The predicted molar refractivity (Wildman–Crippen MR) is 95.0 cm³/mol. The molecule has 5 N–H and O–H groups in total. The summed E-state index contributed by atoms with van der Waals surface area (Å²) in [5, 5.41) is 2.84. The third-order valence-corrected chi connectivity index (χ3v) is 3.27. The van der Waals surface area contributed by atoms with Gasteiger partial charge in [0.2, 0.25) is 0 Å². The van der Waals surface area contributed by atoms with Gasteiger partial charge in [-0.25, -0.2) is 19.6 Å². The standard InChI is InChI=1S/C16H22N6O4/c1-5-25-15(23)10(16(24)26-6-2)7-18-14-12(20-9(4)22-14)11-13(17)21-8(3)19-11/h7,18H,5-6,17H2,1-4H3,(H,19,21)(H,20,22). The molecule has 0 radical (unpaired) electrons. The SMILES string of the molecule is CCOC(=O)C(=CNc1nc(C)[nH]c1-c1[nH]c(C)nc1N)C(=O)OCC. The van der Waals surface area contributed by atoms with E-state index < -0.39 is 11.9 Å². The lowest BCUT2D eigenvalue weighted by molar-refractivity contribution is -0.146. The quantitative estimate of drug-likeness (QED) is 0.250. The molecule has 0 amide bonds. The molecule has 2 rings (SSSR count). The highest BCUT2D eigenvalue weighted by Crippen LogP contribution is 2.28. The summed E-state index contributed by atoms with van der Waals surface area (Å²) < 4.78 is 9.78. The first kappa shape index (κ1) is 19.0. The summed E-state index contributed by atoms with van der Waals surface area (Å²) in [4.78, 5) is 38.5. The molecule has 10 heteroatoms. The molecule has 26 heavy (non-hydrogen) atoms. The summed E-state index contributed by atoms with van der Waals surface area (Å²) in [6.07, 6.45) is 1.20. The highest BCUT2D eigenvalue weighted by atomic mass is 16.6. The first-order valence-corrected chi connectivity index (χ1v) is 8.07. The van der Waals surface area contributed by atoms with Crippen LogP contribution in [0.25, 0.3) is 11.4 Å². The number of carbonyl (C=O) groups is 2.